The Morgan fingerprint density at radius 1 is 0.439 bits per heavy atom. The molecule has 1 unspecified atom stereocenters. The van der Waals surface area contributed by atoms with Crippen molar-refractivity contribution in [3.8, 4) is 11.1 Å². The Balaban J connectivity index is 1.10. The van der Waals surface area contributed by atoms with E-state index in [0.29, 0.717) is 0 Å². The van der Waals surface area contributed by atoms with Crippen molar-refractivity contribution in [2.24, 2.45) is 0 Å². The molecule has 0 aliphatic heterocycles. The number of hydrogen-bond acceptors (Lipinski definition) is 2. The summed E-state index contributed by atoms with van der Waals surface area (Å²) in [6, 6.07) is 67.8. The molecule has 1 spiro atoms. The van der Waals surface area contributed by atoms with Crippen molar-refractivity contribution in [2.75, 3.05) is 9.80 Å². The molecule has 7 aromatic carbocycles. The molecule has 2 aliphatic carbocycles. The maximum absolute atomic E-state index is 2.47. The molecular weight excluding hydrogens is 689 g/mol. The van der Waals surface area contributed by atoms with Crippen LogP contribution in [0.3, 0.4) is 0 Å². The van der Waals surface area contributed by atoms with Crippen LogP contribution < -0.4 is 9.80 Å². The van der Waals surface area contributed by atoms with E-state index >= 15 is 0 Å². The fourth-order valence-corrected chi connectivity index (χ4v) is 10.3. The van der Waals surface area contributed by atoms with Gasteiger partial charge in [-0.3, -0.25) is 0 Å². The summed E-state index contributed by atoms with van der Waals surface area (Å²) in [4.78, 5) is 4.81. The smallest absolute Gasteiger partial charge is 0.0468 e. The Bertz CT molecular complexity index is 2360. The first kappa shape index (κ1) is 36.8. The number of para-hydroxylation sites is 3. The maximum Gasteiger partial charge on any atom is 0.0468 e. The lowest BCUT2D eigenvalue weighted by atomic mass is 9.69. The van der Waals surface area contributed by atoms with E-state index in [0.717, 1.165) is 24.2 Å². The van der Waals surface area contributed by atoms with Gasteiger partial charge in [-0.05, 0) is 132 Å². The van der Waals surface area contributed by atoms with Gasteiger partial charge in [0.2, 0.25) is 0 Å². The summed E-state index contributed by atoms with van der Waals surface area (Å²) in [5, 5.41) is 0. The van der Waals surface area contributed by atoms with Crippen LogP contribution in [-0.4, -0.2) is 0 Å². The Hall–Kier alpha value is -5.86. The highest BCUT2D eigenvalue weighted by atomic mass is 15.1. The molecule has 2 heteroatoms. The number of fused-ring (bicyclic) bond motifs is 5. The van der Waals surface area contributed by atoms with Crippen LogP contribution in [0.5, 0.6) is 0 Å². The van der Waals surface area contributed by atoms with Crippen molar-refractivity contribution in [1.82, 2.24) is 0 Å². The summed E-state index contributed by atoms with van der Waals surface area (Å²) in [6.07, 6.45) is 10.9. The van der Waals surface area contributed by atoms with Crippen molar-refractivity contribution in [2.45, 2.75) is 82.5 Å². The minimum absolute atomic E-state index is 0.0962. The van der Waals surface area contributed by atoms with Crippen molar-refractivity contribution >= 4 is 34.1 Å². The predicted octanol–water partition coefficient (Wildman–Crippen LogP) is 15.7. The Labute approximate surface area is 340 Å². The molecule has 0 heterocycles. The van der Waals surface area contributed by atoms with Gasteiger partial charge in [-0.25, -0.2) is 0 Å². The number of unbranched alkanes of at least 4 members (excludes halogenated alkanes) is 2. The highest BCUT2D eigenvalue weighted by molar-refractivity contribution is 5.87. The van der Waals surface area contributed by atoms with Crippen LogP contribution in [0.4, 0.5) is 34.1 Å². The molecule has 7 aromatic rings. The topological polar surface area (TPSA) is 6.48 Å². The van der Waals surface area contributed by atoms with Crippen LogP contribution in [0.1, 0.15) is 93.9 Å². The first-order chi connectivity index (χ1) is 28.1. The van der Waals surface area contributed by atoms with Gasteiger partial charge in [0.25, 0.3) is 0 Å². The molecule has 0 bridgehead atoms. The van der Waals surface area contributed by atoms with Crippen LogP contribution in [0.15, 0.2) is 182 Å². The first-order valence-corrected chi connectivity index (χ1v) is 21.4. The van der Waals surface area contributed by atoms with Gasteiger partial charge in [0.1, 0.15) is 0 Å². The number of rotatable bonds is 13. The summed E-state index contributed by atoms with van der Waals surface area (Å²) in [5.74, 6) is 0. The quantitative estimate of drug-likeness (QED) is 0.109. The zero-order chi connectivity index (χ0) is 38.7. The van der Waals surface area contributed by atoms with Gasteiger partial charge >= 0.3 is 0 Å². The van der Waals surface area contributed by atoms with E-state index in [1.165, 1.54) is 101 Å². The second kappa shape index (κ2) is 15.9. The standard InChI is InChI=1S/C55H54N2/c1-3-5-17-38-54(4-2,42-28-32-47(33-29-42)56(44-20-9-6-10-21-44)45-22-11-7-12-23-45)43-30-34-48(35-31-43)57(46-24-13-8-14-25-46)49-36-37-53-51(41-49)50-26-15-16-27-52(50)55(53)39-18-19-40-55/h6-16,20-37,41H,3-5,17-19,38-40H2,1-2H3. The average Bonchev–Trinajstić information content (AvgIpc) is 3.88. The third-order valence-corrected chi connectivity index (χ3v) is 13.2. The Morgan fingerprint density at radius 2 is 0.877 bits per heavy atom. The summed E-state index contributed by atoms with van der Waals surface area (Å²) >= 11 is 0. The number of nitrogens with zero attached hydrogens (tertiary/aromatic N) is 2. The zero-order valence-corrected chi connectivity index (χ0v) is 33.6. The van der Waals surface area contributed by atoms with E-state index in [-0.39, 0.29) is 10.8 Å². The molecular formula is C55H54N2. The minimum atomic E-state index is -0.0962. The molecule has 57 heavy (non-hydrogen) atoms. The number of benzene rings is 7. The molecule has 0 aromatic heterocycles. The van der Waals surface area contributed by atoms with Crippen LogP contribution in [-0.2, 0) is 10.8 Å². The third-order valence-electron chi connectivity index (χ3n) is 13.2. The number of hydrogen-bond donors (Lipinski definition) is 0. The van der Waals surface area contributed by atoms with E-state index in [2.05, 4.69) is 206 Å². The second-order valence-corrected chi connectivity index (χ2v) is 16.2. The highest BCUT2D eigenvalue weighted by Crippen LogP contribution is 2.57. The van der Waals surface area contributed by atoms with Crippen molar-refractivity contribution in [3.63, 3.8) is 0 Å². The van der Waals surface area contributed by atoms with Crippen LogP contribution in [0, 0.1) is 0 Å². The lowest BCUT2D eigenvalue weighted by Crippen LogP contribution is -2.27. The summed E-state index contributed by atoms with van der Waals surface area (Å²) in [5.41, 5.74) is 15.8. The third kappa shape index (κ3) is 6.65. The van der Waals surface area contributed by atoms with Crippen molar-refractivity contribution in [1.29, 1.82) is 0 Å². The molecule has 1 fully saturated rings. The van der Waals surface area contributed by atoms with E-state index in [4.69, 9.17) is 0 Å². The molecule has 1 saturated carbocycles. The molecule has 0 saturated heterocycles. The highest BCUT2D eigenvalue weighted by Gasteiger charge is 2.45. The van der Waals surface area contributed by atoms with Crippen LogP contribution in [0.25, 0.3) is 11.1 Å². The lowest BCUT2D eigenvalue weighted by molar-refractivity contribution is 0.431. The van der Waals surface area contributed by atoms with Gasteiger partial charge in [-0.15, -0.1) is 0 Å². The van der Waals surface area contributed by atoms with Gasteiger partial charge in [-0.2, -0.15) is 0 Å². The van der Waals surface area contributed by atoms with Gasteiger partial charge in [0.15, 0.2) is 0 Å². The number of anilines is 6. The predicted molar refractivity (Wildman–Crippen MR) is 242 cm³/mol. The van der Waals surface area contributed by atoms with Gasteiger partial charge in [-0.1, -0.05) is 155 Å². The Kier molecular flexibility index (Phi) is 10.3. The van der Waals surface area contributed by atoms with E-state index in [1.54, 1.807) is 0 Å². The van der Waals surface area contributed by atoms with Gasteiger partial charge < -0.3 is 9.80 Å². The van der Waals surface area contributed by atoms with Crippen LogP contribution >= 0.6 is 0 Å². The monoisotopic (exact) mass is 742 g/mol. The fourth-order valence-electron chi connectivity index (χ4n) is 10.3. The molecule has 9 rings (SSSR count). The van der Waals surface area contributed by atoms with Crippen molar-refractivity contribution in [3.05, 3.63) is 204 Å². The fraction of sp³-hybridized carbons (Fsp3) is 0.236. The molecule has 0 amide bonds. The average molecular weight is 743 g/mol. The molecule has 2 aliphatic rings. The molecule has 2 nitrogen and oxygen atoms in total. The van der Waals surface area contributed by atoms with Crippen molar-refractivity contribution < 1.29 is 0 Å². The SMILES string of the molecule is CCCCCC(CC)(c1ccc(N(c2ccccc2)c2ccccc2)cc1)c1ccc(N(c2ccccc2)c2ccc3c(c2)-c2ccccc2C32CCCC2)cc1. The van der Waals surface area contributed by atoms with Crippen LogP contribution in [0.2, 0.25) is 0 Å². The summed E-state index contributed by atoms with van der Waals surface area (Å²) < 4.78 is 0. The zero-order valence-electron chi connectivity index (χ0n) is 33.6. The summed E-state index contributed by atoms with van der Waals surface area (Å²) in [6.45, 7) is 4.69. The van der Waals surface area contributed by atoms with Gasteiger partial charge in [0.05, 0.1) is 0 Å². The molecule has 1 atom stereocenters. The molecule has 0 radical (unpaired) electrons. The second-order valence-electron chi connectivity index (χ2n) is 16.2. The largest absolute Gasteiger partial charge is 0.311 e. The van der Waals surface area contributed by atoms with E-state index in [9.17, 15) is 0 Å². The van der Waals surface area contributed by atoms with E-state index < -0.39 is 0 Å². The minimum Gasteiger partial charge on any atom is -0.311 e. The first-order valence-electron chi connectivity index (χ1n) is 21.4. The van der Waals surface area contributed by atoms with Gasteiger partial charge in [0, 0.05) is 45.0 Å². The summed E-state index contributed by atoms with van der Waals surface area (Å²) in [7, 11) is 0. The van der Waals surface area contributed by atoms with E-state index in [1.807, 2.05) is 0 Å². The molecule has 0 N–H and O–H groups in total. The lowest BCUT2D eigenvalue weighted by Gasteiger charge is -2.36. The molecule has 284 valence electrons. The maximum atomic E-state index is 2.47. The normalized spacial score (nSPS) is 14.8. The Morgan fingerprint density at radius 3 is 1.39 bits per heavy atom.